The van der Waals surface area contributed by atoms with Crippen LogP contribution in [-0.2, 0) is 11.4 Å². The molecule has 2 N–H and O–H groups in total. The summed E-state index contributed by atoms with van der Waals surface area (Å²) in [6.45, 7) is 1.78. The van der Waals surface area contributed by atoms with Gasteiger partial charge in [-0.05, 0) is 53.1 Å². The fraction of sp³-hybridized carbons (Fsp3) is 0.357. The predicted molar refractivity (Wildman–Crippen MR) is 136 cm³/mol. The molecule has 0 saturated heterocycles. The maximum atomic E-state index is 13.4. The maximum Gasteiger partial charge on any atom is 0.573 e. The van der Waals surface area contributed by atoms with E-state index in [-0.39, 0.29) is 35.5 Å². The number of alkyl halides is 3. The third kappa shape index (κ3) is 6.69. The van der Waals surface area contributed by atoms with E-state index >= 15 is 0 Å². The van der Waals surface area contributed by atoms with E-state index in [1.165, 1.54) is 24.3 Å². The second kappa shape index (κ2) is 11.5. The Labute approximate surface area is 222 Å². The van der Waals surface area contributed by atoms with E-state index in [0.717, 1.165) is 31.1 Å². The first kappa shape index (κ1) is 27.6. The molecule has 1 fully saturated rings. The average molecular weight is 550 g/mol. The SMILES string of the molecule is CC(C1CCCC1)C(NC(=O)c1ccc2ccc(Cl)cc2c1OCc1ccc(OC(F)(F)F)cc1)C(=O)O. The number of amides is 1. The molecule has 4 rings (SSSR count). The first-order valence-electron chi connectivity index (χ1n) is 12.3. The lowest BCUT2D eigenvalue weighted by molar-refractivity contribution is -0.274. The van der Waals surface area contributed by atoms with Gasteiger partial charge in [-0.2, -0.15) is 0 Å². The number of carbonyl (C=O) groups excluding carboxylic acids is 1. The lowest BCUT2D eigenvalue weighted by Gasteiger charge is -2.26. The van der Waals surface area contributed by atoms with Gasteiger partial charge >= 0.3 is 12.3 Å². The summed E-state index contributed by atoms with van der Waals surface area (Å²) < 4.78 is 47.3. The highest BCUT2D eigenvalue weighted by atomic mass is 35.5. The van der Waals surface area contributed by atoms with Gasteiger partial charge in [0.15, 0.2) is 0 Å². The highest BCUT2D eigenvalue weighted by Crippen LogP contribution is 2.35. The molecule has 0 heterocycles. The van der Waals surface area contributed by atoms with Crippen LogP contribution in [0.3, 0.4) is 0 Å². The number of fused-ring (bicyclic) bond motifs is 1. The highest BCUT2D eigenvalue weighted by Gasteiger charge is 2.34. The Kier molecular flexibility index (Phi) is 8.35. The van der Waals surface area contributed by atoms with Crippen LogP contribution in [0.4, 0.5) is 13.2 Å². The topological polar surface area (TPSA) is 84.9 Å². The molecular formula is C28H27ClF3NO5. The minimum atomic E-state index is -4.80. The quantitative estimate of drug-likeness (QED) is 0.301. The number of hydrogen-bond donors (Lipinski definition) is 2. The first-order valence-corrected chi connectivity index (χ1v) is 12.6. The van der Waals surface area contributed by atoms with Crippen molar-refractivity contribution < 1.29 is 37.3 Å². The molecule has 1 aliphatic rings. The summed E-state index contributed by atoms with van der Waals surface area (Å²) >= 11 is 6.21. The van der Waals surface area contributed by atoms with Crippen molar-refractivity contribution in [1.29, 1.82) is 0 Å². The Hall–Kier alpha value is -3.46. The van der Waals surface area contributed by atoms with Crippen molar-refractivity contribution >= 4 is 34.2 Å². The smallest absolute Gasteiger partial charge is 0.487 e. The number of benzene rings is 3. The van der Waals surface area contributed by atoms with Gasteiger partial charge in [-0.3, -0.25) is 4.79 Å². The summed E-state index contributed by atoms with van der Waals surface area (Å²) in [7, 11) is 0. The molecule has 1 saturated carbocycles. The molecule has 0 aliphatic heterocycles. The number of nitrogens with one attached hydrogen (secondary N) is 1. The standard InChI is InChI=1S/C28H27ClF3NO5/c1-16(18-4-2-3-5-18)24(27(35)36)33-26(34)22-13-9-19-8-10-20(29)14-23(19)25(22)37-15-17-6-11-21(12-7-17)38-28(30,31)32/h6-14,16,18,24H,2-5,15H2,1H3,(H,33,34)(H,35,36). The molecule has 6 nitrogen and oxygen atoms in total. The van der Waals surface area contributed by atoms with Crippen LogP contribution in [0.1, 0.15) is 48.5 Å². The first-order chi connectivity index (χ1) is 18.0. The number of carboxylic acids is 1. The summed E-state index contributed by atoms with van der Waals surface area (Å²) in [6, 6.07) is 12.5. The number of hydrogen-bond acceptors (Lipinski definition) is 4. The number of halogens is 4. The van der Waals surface area contributed by atoms with Gasteiger partial charge in [-0.1, -0.05) is 68.5 Å². The summed E-state index contributed by atoms with van der Waals surface area (Å²) in [5, 5.41) is 14.2. The molecule has 0 aromatic heterocycles. The van der Waals surface area contributed by atoms with E-state index in [9.17, 15) is 27.9 Å². The Morgan fingerprint density at radius 1 is 1.08 bits per heavy atom. The summed E-state index contributed by atoms with van der Waals surface area (Å²) in [6.07, 6.45) is -0.859. The van der Waals surface area contributed by atoms with E-state index in [1.54, 1.807) is 30.3 Å². The monoisotopic (exact) mass is 549 g/mol. The largest absolute Gasteiger partial charge is 0.573 e. The number of ether oxygens (including phenoxy) is 2. The lowest BCUT2D eigenvalue weighted by Crippen LogP contribution is -2.47. The molecule has 1 aliphatic carbocycles. The van der Waals surface area contributed by atoms with Gasteiger partial charge in [0.25, 0.3) is 5.91 Å². The predicted octanol–water partition coefficient (Wildman–Crippen LogP) is 6.98. The fourth-order valence-electron chi connectivity index (χ4n) is 4.93. The van der Waals surface area contributed by atoms with Crippen LogP contribution in [0.25, 0.3) is 10.8 Å². The third-order valence-electron chi connectivity index (χ3n) is 6.94. The van der Waals surface area contributed by atoms with E-state index < -0.39 is 24.3 Å². The number of rotatable bonds is 9. The maximum absolute atomic E-state index is 13.4. The Morgan fingerprint density at radius 3 is 2.37 bits per heavy atom. The van der Waals surface area contributed by atoms with Crippen molar-refractivity contribution in [2.45, 2.75) is 51.6 Å². The minimum Gasteiger partial charge on any atom is -0.487 e. The van der Waals surface area contributed by atoms with Crippen molar-refractivity contribution in [1.82, 2.24) is 5.32 Å². The van der Waals surface area contributed by atoms with Gasteiger partial charge in [0, 0.05) is 10.4 Å². The molecular weight excluding hydrogens is 523 g/mol. The van der Waals surface area contributed by atoms with Crippen molar-refractivity contribution in [3.63, 3.8) is 0 Å². The second-order valence-electron chi connectivity index (χ2n) is 9.48. The van der Waals surface area contributed by atoms with Gasteiger partial charge in [-0.25, -0.2) is 4.79 Å². The minimum absolute atomic E-state index is 0.0704. The molecule has 0 radical (unpaired) electrons. The molecule has 2 atom stereocenters. The van der Waals surface area contributed by atoms with Crippen LogP contribution in [0.2, 0.25) is 5.02 Å². The summed E-state index contributed by atoms with van der Waals surface area (Å²) in [4.78, 5) is 25.5. The normalized spacial score (nSPS) is 15.7. The fourth-order valence-corrected chi connectivity index (χ4v) is 5.11. The zero-order valence-electron chi connectivity index (χ0n) is 20.6. The van der Waals surface area contributed by atoms with E-state index in [2.05, 4.69) is 10.1 Å². The zero-order chi connectivity index (χ0) is 27.4. The van der Waals surface area contributed by atoms with Crippen LogP contribution in [0.15, 0.2) is 54.6 Å². The number of carbonyl (C=O) groups is 2. The Morgan fingerprint density at radius 2 is 1.74 bits per heavy atom. The van der Waals surface area contributed by atoms with Crippen LogP contribution in [0, 0.1) is 11.8 Å². The number of aliphatic carboxylic acids is 1. The lowest BCUT2D eigenvalue weighted by atomic mass is 9.86. The van der Waals surface area contributed by atoms with Crippen molar-refractivity contribution in [2.24, 2.45) is 11.8 Å². The van der Waals surface area contributed by atoms with Gasteiger partial charge in [0.05, 0.1) is 5.56 Å². The van der Waals surface area contributed by atoms with E-state index in [4.69, 9.17) is 16.3 Å². The van der Waals surface area contributed by atoms with Crippen molar-refractivity contribution in [3.05, 3.63) is 70.7 Å². The second-order valence-corrected chi connectivity index (χ2v) is 9.92. The van der Waals surface area contributed by atoms with E-state index in [0.29, 0.717) is 16.0 Å². The zero-order valence-corrected chi connectivity index (χ0v) is 21.3. The Balaban J connectivity index is 1.60. The van der Waals surface area contributed by atoms with Crippen LogP contribution in [-0.4, -0.2) is 29.4 Å². The molecule has 0 bridgehead atoms. The van der Waals surface area contributed by atoms with Crippen LogP contribution < -0.4 is 14.8 Å². The molecule has 2 unspecified atom stereocenters. The van der Waals surface area contributed by atoms with Crippen molar-refractivity contribution in [2.75, 3.05) is 0 Å². The Bertz CT molecular complexity index is 1310. The molecule has 3 aromatic rings. The molecule has 3 aromatic carbocycles. The van der Waals surface area contributed by atoms with E-state index in [1.807, 2.05) is 6.92 Å². The van der Waals surface area contributed by atoms with Crippen molar-refractivity contribution in [3.8, 4) is 11.5 Å². The highest BCUT2D eigenvalue weighted by molar-refractivity contribution is 6.31. The summed E-state index contributed by atoms with van der Waals surface area (Å²) in [5.41, 5.74) is 0.657. The summed E-state index contributed by atoms with van der Waals surface area (Å²) in [5.74, 6) is -1.93. The molecule has 38 heavy (non-hydrogen) atoms. The van der Waals surface area contributed by atoms with Gasteiger partial charge < -0.3 is 19.9 Å². The molecule has 10 heteroatoms. The number of carboxylic acid groups (broad SMARTS) is 1. The van der Waals surface area contributed by atoms with Crippen LogP contribution in [0.5, 0.6) is 11.5 Å². The molecule has 202 valence electrons. The average Bonchev–Trinajstić information content (AvgIpc) is 3.40. The van der Waals surface area contributed by atoms with Gasteiger partial charge in [-0.15, -0.1) is 13.2 Å². The molecule has 1 amide bonds. The molecule has 0 spiro atoms. The van der Waals surface area contributed by atoms with Gasteiger partial charge in [0.1, 0.15) is 24.1 Å². The van der Waals surface area contributed by atoms with Gasteiger partial charge in [0.2, 0.25) is 0 Å². The van der Waals surface area contributed by atoms with Crippen LogP contribution >= 0.6 is 11.6 Å². The third-order valence-corrected chi connectivity index (χ3v) is 7.18.